The van der Waals surface area contributed by atoms with Crippen molar-refractivity contribution in [3.05, 3.63) is 0 Å². The van der Waals surface area contributed by atoms with E-state index in [1.54, 1.807) is 7.11 Å². The first kappa shape index (κ1) is 13.3. The maximum absolute atomic E-state index is 10.4. The lowest BCUT2D eigenvalue weighted by molar-refractivity contribution is -0.150. The second kappa shape index (κ2) is 8.89. The summed E-state index contributed by atoms with van der Waals surface area (Å²) in [4.78, 5) is 10.4. The predicted octanol–water partition coefficient (Wildman–Crippen LogP) is -0.922. The molecule has 6 heteroatoms. The van der Waals surface area contributed by atoms with Crippen LogP contribution in [-0.2, 0) is 19.0 Å². The van der Waals surface area contributed by atoms with Gasteiger partial charge in [-0.15, -0.1) is 0 Å². The maximum Gasteiger partial charge on any atom is 0.334 e. The molecule has 84 valence electrons. The third-order valence-electron chi connectivity index (χ3n) is 1.47. The van der Waals surface area contributed by atoms with Gasteiger partial charge in [-0.2, -0.15) is 0 Å². The fraction of sp³-hybridized carbons (Fsp3) is 0.875. The molecule has 14 heavy (non-hydrogen) atoms. The zero-order chi connectivity index (χ0) is 10.8. The molecule has 0 spiro atoms. The molecule has 0 fully saturated rings. The Morgan fingerprint density at radius 3 is 2.50 bits per heavy atom. The lowest BCUT2D eigenvalue weighted by Crippen LogP contribution is -2.33. The molecule has 0 heterocycles. The molecule has 0 aromatic heterocycles. The molecule has 6 nitrogen and oxygen atoms in total. The van der Waals surface area contributed by atoms with Gasteiger partial charge >= 0.3 is 5.97 Å². The number of hydrogen-bond donors (Lipinski definition) is 2. The van der Waals surface area contributed by atoms with E-state index in [2.05, 4.69) is 0 Å². The average Bonchev–Trinajstić information content (AvgIpc) is 2.16. The largest absolute Gasteiger partial charge is 0.479 e. The molecular formula is C8H17NO5. The first-order chi connectivity index (χ1) is 6.72. The van der Waals surface area contributed by atoms with Crippen molar-refractivity contribution in [2.45, 2.75) is 6.10 Å². The Morgan fingerprint density at radius 2 is 2.00 bits per heavy atom. The van der Waals surface area contributed by atoms with Gasteiger partial charge in [-0.3, -0.25) is 0 Å². The molecule has 0 aromatic carbocycles. The van der Waals surface area contributed by atoms with E-state index in [9.17, 15) is 4.79 Å². The van der Waals surface area contributed by atoms with E-state index >= 15 is 0 Å². The van der Waals surface area contributed by atoms with Gasteiger partial charge in [-0.25, -0.2) is 4.79 Å². The molecule has 0 amide bonds. The van der Waals surface area contributed by atoms with E-state index in [1.807, 2.05) is 0 Å². The van der Waals surface area contributed by atoms with E-state index < -0.39 is 12.1 Å². The van der Waals surface area contributed by atoms with Crippen molar-refractivity contribution in [1.82, 2.24) is 0 Å². The quantitative estimate of drug-likeness (QED) is 0.475. The molecule has 0 aliphatic heterocycles. The predicted molar refractivity (Wildman–Crippen MR) is 49.1 cm³/mol. The number of methoxy groups -OCH3 is 1. The molecule has 0 aliphatic carbocycles. The lowest BCUT2D eigenvalue weighted by Gasteiger charge is -2.11. The van der Waals surface area contributed by atoms with E-state index in [-0.39, 0.29) is 13.2 Å². The smallest absolute Gasteiger partial charge is 0.334 e. The Kier molecular flexibility index (Phi) is 8.45. The van der Waals surface area contributed by atoms with Crippen LogP contribution >= 0.6 is 0 Å². The van der Waals surface area contributed by atoms with Crippen LogP contribution in [0.1, 0.15) is 0 Å². The molecular weight excluding hydrogens is 190 g/mol. The Morgan fingerprint density at radius 1 is 1.36 bits per heavy atom. The van der Waals surface area contributed by atoms with E-state index in [1.165, 1.54) is 0 Å². The molecule has 0 rings (SSSR count). The zero-order valence-corrected chi connectivity index (χ0v) is 8.27. The highest BCUT2D eigenvalue weighted by molar-refractivity contribution is 5.72. The molecule has 0 radical (unpaired) electrons. The SMILES string of the molecule is COCCOCCOC(CN)C(=O)O. The van der Waals surface area contributed by atoms with Crippen LogP contribution in [0, 0.1) is 0 Å². The summed E-state index contributed by atoms with van der Waals surface area (Å²) in [6, 6.07) is 0. The Bertz CT molecular complexity index is 153. The molecule has 0 bridgehead atoms. The summed E-state index contributed by atoms with van der Waals surface area (Å²) >= 11 is 0. The maximum atomic E-state index is 10.4. The molecule has 0 saturated carbocycles. The Hall–Kier alpha value is -0.690. The van der Waals surface area contributed by atoms with Crippen molar-refractivity contribution < 1.29 is 24.1 Å². The van der Waals surface area contributed by atoms with Crippen LogP contribution in [0.2, 0.25) is 0 Å². The molecule has 0 aliphatic rings. The van der Waals surface area contributed by atoms with Gasteiger partial charge in [-0.05, 0) is 0 Å². The first-order valence-electron chi connectivity index (χ1n) is 4.33. The molecule has 0 aromatic rings. The van der Waals surface area contributed by atoms with Crippen molar-refractivity contribution in [3.63, 3.8) is 0 Å². The van der Waals surface area contributed by atoms with E-state index in [4.69, 9.17) is 25.1 Å². The number of rotatable bonds is 9. The minimum absolute atomic E-state index is 0.0343. The van der Waals surface area contributed by atoms with Crippen molar-refractivity contribution in [1.29, 1.82) is 0 Å². The van der Waals surface area contributed by atoms with Crippen molar-refractivity contribution in [2.24, 2.45) is 5.73 Å². The highest BCUT2D eigenvalue weighted by atomic mass is 16.6. The van der Waals surface area contributed by atoms with Gasteiger partial charge in [0.1, 0.15) is 0 Å². The third-order valence-corrected chi connectivity index (χ3v) is 1.47. The van der Waals surface area contributed by atoms with Gasteiger partial charge in [0.2, 0.25) is 0 Å². The van der Waals surface area contributed by atoms with Crippen LogP contribution in [0.3, 0.4) is 0 Å². The third kappa shape index (κ3) is 6.79. The average molecular weight is 207 g/mol. The van der Waals surface area contributed by atoms with Crippen molar-refractivity contribution >= 4 is 5.97 Å². The van der Waals surface area contributed by atoms with Crippen LogP contribution in [0.15, 0.2) is 0 Å². The zero-order valence-electron chi connectivity index (χ0n) is 8.27. The normalized spacial score (nSPS) is 12.7. The summed E-state index contributed by atoms with van der Waals surface area (Å²) < 4.78 is 14.8. The summed E-state index contributed by atoms with van der Waals surface area (Å²) in [6.07, 6.45) is -0.943. The number of carboxylic acid groups (broad SMARTS) is 1. The number of nitrogens with two attached hydrogens (primary N) is 1. The van der Waals surface area contributed by atoms with Crippen molar-refractivity contribution in [2.75, 3.05) is 40.1 Å². The highest BCUT2D eigenvalue weighted by Gasteiger charge is 2.14. The van der Waals surface area contributed by atoms with Crippen LogP contribution < -0.4 is 5.73 Å². The van der Waals surface area contributed by atoms with Crippen molar-refractivity contribution in [3.8, 4) is 0 Å². The summed E-state index contributed by atoms with van der Waals surface area (Å²) in [5.41, 5.74) is 5.17. The second-order valence-electron chi connectivity index (χ2n) is 2.54. The fourth-order valence-electron chi connectivity index (χ4n) is 0.734. The minimum atomic E-state index is -1.05. The first-order valence-corrected chi connectivity index (χ1v) is 4.33. The summed E-state index contributed by atoms with van der Waals surface area (Å²) in [5.74, 6) is -1.05. The molecule has 1 unspecified atom stereocenters. The van der Waals surface area contributed by atoms with Gasteiger partial charge in [0, 0.05) is 13.7 Å². The van der Waals surface area contributed by atoms with Gasteiger partial charge in [0.15, 0.2) is 6.10 Å². The van der Waals surface area contributed by atoms with Crippen LogP contribution in [0.4, 0.5) is 0 Å². The van der Waals surface area contributed by atoms with E-state index in [0.717, 1.165) is 0 Å². The minimum Gasteiger partial charge on any atom is -0.479 e. The number of hydrogen-bond acceptors (Lipinski definition) is 5. The number of carbonyl (C=O) groups is 1. The van der Waals surface area contributed by atoms with Gasteiger partial charge < -0.3 is 25.1 Å². The van der Waals surface area contributed by atoms with E-state index in [0.29, 0.717) is 19.8 Å². The number of aliphatic carboxylic acids is 1. The molecule has 3 N–H and O–H groups in total. The Balaban J connectivity index is 3.29. The monoisotopic (exact) mass is 207 g/mol. The fourth-order valence-corrected chi connectivity index (χ4v) is 0.734. The highest BCUT2D eigenvalue weighted by Crippen LogP contribution is 1.90. The van der Waals surface area contributed by atoms with Crippen LogP contribution in [-0.4, -0.2) is 57.3 Å². The summed E-state index contributed by atoms with van der Waals surface area (Å²) in [7, 11) is 1.58. The van der Waals surface area contributed by atoms with Gasteiger partial charge in [0.05, 0.1) is 26.4 Å². The molecule has 1 atom stereocenters. The summed E-state index contributed by atoms with van der Waals surface area (Å²) in [6.45, 7) is 1.51. The van der Waals surface area contributed by atoms with Crippen LogP contribution in [0.25, 0.3) is 0 Å². The van der Waals surface area contributed by atoms with Crippen LogP contribution in [0.5, 0.6) is 0 Å². The van der Waals surface area contributed by atoms with Gasteiger partial charge in [-0.1, -0.05) is 0 Å². The van der Waals surface area contributed by atoms with Gasteiger partial charge in [0.25, 0.3) is 0 Å². The Labute approximate surface area is 82.9 Å². The second-order valence-corrected chi connectivity index (χ2v) is 2.54. The number of carboxylic acids is 1. The standard InChI is InChI=1S/C8H17NO5/c1-12-2-3-13-4-5-14-7(6-9)8(10)11/h7H,2-6,9H2,1H3,(H,10,11). The molecule has 0 saturated heterocycles. The summed E-state index contributed by atoms with van der Waals surface area (Å²) in [5, 5.41) is 8.55. The number of ether oxygens (including phenoxy) is 3. The lowest BCUT2D eigenvalue weighted by atomic mass is 10.4. The topological polar surface area (TPSA) is 91.0 Å².